The van der Waals surface area contributed by atoms with Gasteiger partial charge in [-0.25, -0.2) is 0 Å². The Balaban J connectivity index is 2.14. The van der Waals surface area contributed by atoms with Gasteiger partial charge >= 0.3 is 0 Å². The monoisotopic (exact) mass is 222 g/mol. The van der Waals surface area contributed by atoms with E-state index in [4.69, 9.17) is 0 Å². The molecule has 0 aromatic carbocycles. The molecule has 1 aromatic rings. The minimum absolute atomic E-state index is 0.191. The van der Waals surface area contributed by atoms with E-state index in [9.17, 15) is 9.59 Å². The molecule has 1 aliphatic rings. The minimum atomic E-state index is -0.470. The summed E-state index contributed by atoms with van der Waals surface area (Å²) in [4.78, 5) is 22.4. The molecule has 1 saturated heterocycles. The average Bonchev–Trinajstić information content (AvgIpc) is 2.71. The first-order chi connectivity index (χ1) is 7.60. The van der Waals surface area contributed by atoms with Gasteiger partial charge in [0.15, 0.2) is 0 Å². The Labute approximate surface area is 93.0 Å². The van der Waals surface area contributed by atoms with E-state index in [0.717, 1.165) is 17.8 Å². The van der Waals surface area contributed by atoms with Crippen molar-refractivity contribution >= 4 is 17.5 Å². The van der Waals surface area contributed by atoms with Crippen LogP contribution in [0.1, 0.15) is 19.0 Å². The third kappa shape index (κ3) is 1.91. The summed E-state index contributed by atoms with van der Waals surface area (Å²) in [5.74, 6) is -0.500. The summed E-state index contributed by atoms with van der Waals surface area (Å²) in [5.41, 5.74) is 1.72. The summed E-state index contributed by atoms with van der Waals surface area (Å²) in [7, 11) is 1.82. The van der Waals surface area contributed by atoms with Crippen LogP contribution in [0.4, 0.5) is 5.69 Å². The van der Waals surface area contributed by atoms with Crippen molar-refractivity contribution in [2.45, 2.75) is 25.8 Å². The maximum atomic E-state index is 11.4. The summed E-state index contributed by atoms with van der Waals surface area (Å²) < 4.78 is 1.69. The van der Waals surface area contributed by atoms with E-state index in [0.29, 0.717) is 0 Å². The van der Waals surface area contributed by atoms with Gasteiger partial charge in [-0.1, -0.05) is 6.92 Å². The fraction of sp³-hybridized carbons (Fsp3) is 0.500. The number of carbonyl (C=O) groups is 2. The van der Waals surface area contributed by atoms with Crippen LogP contribution in [0.15, 0.2) is 6.20 Å². The topological polar surface area (TPSA) is 76.0 Å². The van der Waals surface area contributed by atoms with Gasteiger partial charge in [-0.05, 0) is 6.42 Å². The lowest BCUT2D eigenvalue weighted by Gasteiger charge is -2.09. The lowest BCUT2D eigenvalue weighted by molar-refractivity contribution is -0.124. The number of aryl methyl sites for hydroxylation is 2. The lowest BCUT2D eigenvalue weighted by atomic mass is 10.2. The van der Waals surface area contributed by atoms with E-state index >= 15 is 0 Å². The molecule has 1 aromatic heterocycles. The third-order valence-electron chi connectivity index (χ3n) is 2.54. The molecule has 16 heavy (non-hydrogen) atoms. The van der Waals surface area contributed by atoms with Crippen molar-refractivity contribution in [1.82, 2.24) is 15.1 Å². The zero-order valence-corrected chi connectivity index (χ0v) is 9.28. The second-order valence-electron chi connectivity index (χ2n) is 3.83. The van der Waals surface area contributed by atoms with Gasteiger partial charge in [-0.2, -0.15) is 5.10 Å². The molecular formula is C10H14N4O2. The Morgan fingerprint density at radius 3 is 2.94 bits per heavy atom. The van der Waals surface area contributed by atoms with Crippen LogP contribution in [0.5, 0.6) is 0 Å². The van der Waals surface area contributed by atoms with Crippen molar-refractivity contribution < 1.29 is 9.59 Å². The molecule has 0 spiro atoms. The van der Waals surface area contributed by atoms with Gasteiger partial charge in [-0.15, -0.1) is 0 Å². The molecule has 2 heterocycles. The van der Waals surface area contributed by atoms with Gasteiger partial charge in [0.05, 0.1) is 17.8 Å². The summed E-state index contributed by atoms with van der Waals surface area (Å²) in [5, 5.41) is 9.56. The zero-order chi connectivity index (χ0) is 11.7. The molecule has 0 saturated carbocycles. The van der Waals surface area contributed by atoms with Crippen LogP contribution < -0.4 is 10.6 Å². The normalized spacial score (nSPS) is 20.0. The Bertz CT molecular complexity index is 438. The maximum absolute atomic E-state index is 11.4. The molecule has 6 nitrogen and oxygen atoms in total. The Hall–Kier alpha value is -1.85. The molecule has 1 aliphatic heterocycles. The third-order valence-corrected chi connectivity index (χ3v) is 2.54. The van der Waals surface area contributed by atoms with Crippen LogP contribution in [0.3, 0.4) is 0 Å². The van der Waals surface area contributed by atoms with Crippen LogP contribution in [0, 0.1) is 0 Å². The number of hydrogen-bond acceptors (Lipinski definition) is 4. The van der Waals surface area contributed by atoms with E-state index in [1.807, 2.05) is 20.2 Å². The smallest absolute Gasteiger partial charge is 0.249 e. The fourth-order valence-corrected chi connectivity index (χ4v) is 1.77. The molecule has 2 N–H and O–H groups in total. The van der Waals surface area contributed by atoms with Crippen LogP contribution >= 0.6 is 0 Å². The standard InChI is InChI=1S/C10H14N4O2/c1-3-6-8(5-14(2)13-6)11-7-4-9(15)12-10(7)16/h5,7,11H,3-4H2,1-2H3,(H,12,15,16). The van der Waals surface area contributed by atoms with Crippen LogP contribution in [-0.4, -0.2) is 27.6 Å². The molecule has 0 radical (unpaired) electrons. The highest BCUT2D eigenvalue weighted by atomic mass is 16.2. The van der Waals surface area contributed by atoms with Crippen molar-refractivity contribution in [2.24, 2.45) is 7.05 Å². The van der Waals surface area contributed by atoms with Gasteiger partial charge in [0, 0.05) is 13.2 Å². The first-order valence-electron chi connectivity index (χ1n) is 5.23. The number of nitrogens with zero attached hydrogens (tertiary/aromatic N) is 2. The Morgan fingerprint density at radius 1 is 1.62 bits per heavy atom. The van der Waals surface area contributed by atoms with Crippen LogP contribution in [0.25, 0.3) is 0 Å². The van der Waals surface area contributed by atoms with Gasteiger partial charge in [0.2, 0.25) is 11.8 Å². The van der Waals surface area contributed by atoms with Gasteiger partial charge in [-0.3, -0.25) is 19.6 Å². The number of imide groups is 1. The predicted octanol–water partition coefficient (Wildman–Crippen LogP) is -0.191. The number of aromatic nitrogens is 2. The molecule has 86 valence electrons. The van der Waals surface area contributed by atoms with E-state index in [-0.39, 0.29) is 18.2 Å². The van der Waals surface area contributed by atoms with E-state index in [1.54, 1.807) is 4.68 Å². The molecule has 2 amide bonds. The molecule has 0 bridgehead atoms. The molecular weight excluding hydrogens is 208 g/mol. The first-order valence-corrected chi connectivity index (χ1v) is 5.23. The van der Waals surface area contributed by atoms with E-state index in [1.165, 1.54) is 0 Å². The average molecular weight is 222 g/mol. The molecule has 6 heteroatoms. The number of nitrogens with one attached hydrogen (secondary N) is 2. The predicted molar refractivity (Wildman–Crippen MR) is 57.8 cm³/mol. The van der Waals surface area contributed by atoms with Crippen molar-refractivity contribution in [3.8, 4) is 0 Å². The molecule has 2 rings (SSSR count). The second-order valence-corrected chi connectivity index (χ2v) is 3.83. The second kappa shape index (κ2) is 3.96. The van der Waals surface area contributed by atoms with Crippen molar-refractivity contribution in [2.75, 3.05) is 5.32 Å². The lowest BCUT2D eigenvalue weighted by Crippen LogP contribution is -2.30. The summed E-state index contributed by atoms with van der Waals surface area (Å²) in [6, 6.07) is -0.470. The molecule has 0 aliphatic carbocycles. The highest BCUT2D eigenvalue weighted by Crippen LogP contribution is 2.17. The number of rotatable bonds is 3. The van der Waals surface area contributed by atoms with Crippen molar-refractivity contribution in [1.29, 1.82) is 0 Å². The number of carbonyl (C=O) groups excluding carboxylic acids is 2. The van der Waals surface area contributed by atoms with Crippen LogP contribution in [-0.2, 0) is 23.1 Å². The van der Waals surface area contributed by atoms with E-state index < -0.39 is 6.04 Å². The Morgan fingerprint density at radius 2 is 2.38 bits per heavy atom. The van der Waals surface area contributed by atoms with Gasteiger partial charge in [0.25, 0.3) is 0 Å². The molecule has 1 atom stereocenters. The zero-order valence-electron chi connectivity index (χ0n) is 9.28. The highest BCUT2D eigenvalue weighted by molar-refractivity contribution is 6.06. The first kappa shape index (κ1) is 10.7. The SMILES string of the molecule is CCc1nn(C)cc1NC1CC(=O)NC1=O. The summed E-state index contributed by atoms with van der Waals surface area (Å²) in [6.45, 7) is 1.99. The fourth-order valence-electron chi connectivity index (χ4n) is 1.77. The highest BCUT2D eigenvalue weighted by Gasteiger charge is 2.30. The van der Waals surface area contributed by atoms with Gasteiger partial charge < -0.3 is 5.32 Å². The number of hydrogen-bond donors (Lipinski definition) is 2. The van der Waals surface area contributed by atoms with E-state index in [2.05, 4.69) is 15.7 Å². The summed E-state index contributed by atoms with van der Waals surface area (Å²) in [6.07, 6.45) is 2.79. The van der Waals surface area contributed by atoms with Crippen molar-refractivity contribution in [3.05, 3.63) is 11.9 Å². The largest absolute Gasteiger partial charge is 0.370 e. The van der Waals surface area contributed by atoms with Crippen molar-refractivity contribution in [3.63, 3.8) is 0 Å². The quantitative estimate of drug-likeness (QED) is 0.695. The summed E-state index contributed by atoms with van der Waals surface area (Å²) >= 11 is 0. The van der Waals surface area contributed by atoms with Gasteiger partial charge in [0.1, 0.15) is 6.04 Å². The minimum Gasteiger partial charge on any atom is -0.370 e. The Kier molecular flexibility index (Phi) is 2.64. The molecule has 1 fully saturated rings. The number of anilines is 1. The number of amides is 2. The molecule has 1 unspecified atom stereocenters. The van der Waals surface area contributed by atoms with Crippen LogP contribution in [0.2, 0.25) is 0 Å². The maximum Gasteiger partial charge on any atom is 0.249 e.